The topological polar surface area (TPSA) is 26.3 Å². The van der Waals surface area contributed by atoms with Crippen LogP contribution in [0.5, 0.6) is 0 Å². The molecule has 0 aromatic carbocycles. The van der Waals surface area contributed by atoms with E-state index in [0.29, 0.717) is 11.9 Å². The van der Waals surface area contributed by atoms with Crippen LogP contribution in [0.15, 0.2) is 0 Å². The highest BCUT2D eigenvalue weighted by atomic mass is 16.5. The second-order valence-electron chi connectivity index (χ2n) is 6.45. The van der Waals surface area contributed by atoms with Gasteiger partial charge in [-0.15, -0.1) is 0 Å². The number of ether oxygens (including phenoxy) is 1. The molecule has 1 saturated carbocycles. The van der Waals surface area contributed by atoms with E-state index >= 15 is 0 Å². The van der Waals surface area contributed by atoms with Gasteiger partial charge in [-0.3, -0.25) is 4.79 Å². The van der Waals surface area contributed by atoms with Crippen LogP contribution in [0.4, 0.5) is 0 Å². The Morgan fingerprint density at radius 3 is 2.59 bits per heavy atom. The molecule has 2 nitrogen and oxygen atoms in total. The van der Waals surface area contributed by atoms with Gasteiger partial charge in [0, 0.05) is 6.42 Å². The van der Waals surface area contributed by atoms with Crippen LogP contribution in [0.2, 0.25) is 0 Å². The number of ketones is 1. The zero-order valence-corrected chi connectivity index (χ0v) is 11.7. The Kier molecular flexibility index (Phi) is 3.37. The Labute approximate surface area is 105 Å². The smallest absolute Gasteiger partial charge is 0.141 e. The summed E-state index contributed by atoms with van der Waals surface area (Å²) in [6.45, 7) is 8.61. The molecule has 0 radical (unpaired) electrons. The van der Waals surface area contributed by atoms with E-state index in [4.69, 9.17) is 4.74 Å². The largest absolute Gasteiger partial charge is 0.373 e. The summed E-state index contributed by atoms with van der Waals surface area (Å²) in [4.78, 5) is 12.1. The first-order chi connectivity index (χ1) is 7.96. The van der Waals surface area contributed by atoms with Crippen LogP contribution in [0.1, 0.15) is 66.2 Å². The molecule has 2 unspecified atom stereocenters. The predicted molar refractivity (Wildman–Crippen MR) is 68.9 cm³/mol. The van der Waals surface area contributed by atoms with Crippen LogP contribution < -0.4 is 0 Å². The molecule has 0 spiro atoms. The van der Waals surface area contributed by atoms with Crippen molar-refractivity contribution < 1.29 is 9.53 Å². The molecule has 0 aromatic heterocycles. The fourth-order valence-electron chi connectivity index (χ4n) is 3.85. The van der Waals surface area contributed by atoms with Crippen LogP contribution in [0.3, 0.4) is 0 Å². The molecule has 17 heavy (non-hydrogen) atoms. The minimum Gasteiger partial charge on any atom is -0.373 e. The van der Waals surface area contributed by atoms with Crippen LogP contribution >= 0.6 is 0 Å². The molecule has 1 aliphatic heterocycles. The second-order valence-corrected chi connectivity index (χ2v) is 6.45. The first kappa shape index (κ1) is 13.1. The van der Waals surface area contributed by atoms with Gasteiger partial charge in [-0.25, -0.2) is 0 Å². The quantitative estimate of drug-likeness (QED) is 0.732. The Morgan fingerprint density at radius 2 is 2.00 bits per heavy atom. The Bertz CT molecular complexity index is 308. The average molecular weight is 238 g/mol. The van der Waals surface area contributed by atoms with Crippen molar-refractivity contribution in [2.75, 3.05) is 0 Å². The van der Waals surface area contributed by atoms with Gasteiger partial charge in [0.05, 0.1) is 17.6 Å². The lowest BCUT2D eigenvalue weighted by atomic mass is 9.56. The van der Waals surface area contributed by atoms with Crippen LogP contribution in [0, 0.1) is 10.8 Å². The lowest BCUT2D eigenvalue weighted by Crippen LogP contribution is -2.57. The summed E-state index contributed by atoms with van der Waals surface area (Å²) in [6.07, 6.45) is 6.91. The van der Waals surface area contributed by atoms with Crippen molar-refractivity contribution in [2.24, 2.45) is 10.8 Å². The maximum Gasteiger partial charge on any atom is 0.141 e. The molecule has 2 aliphatic rings. The van der Waals surface area contributed by atoms with Crippen molar-refractivity contribution >= 4 is 5.78 Å². The van der Waals surface area contributed by atoms with E-state index in [0.717, 1.165) is 25.7 Å². The van der Waals surface area contributed by atoms with Gasteiger partial charge in [0.2, 0.25) is 0 Å². The van der Waals surface area contributed by atoms with Crippen molar-refractivity contribution in [1.29, 1.82) is 0 Å². The van der Waals surface area contributed by atoms with Gasteiger partial charge in [-0.1, -0.05) is 27.7 Å². The fraction of sp³-hybridized carbons (Fsp3) is 0.933. The molecule has 1 aliphatic carbocycles. The van der Waals surface area contributed by atoms with E-state index in [2.05, 4.69) is 27.7 Å². The zero-order chi connectivity index (χ0) is 12.7. The minimum absolute atomic E-state index is 0.139. The van der Waals surface area contributed by atoms with Crippen molar-refractivity contribution in [3.8, 4) is 0 Å². The lowest BCUT2D eigenvalue weighted by molar-refractivity contribution is -0.198. The summed E-state index contributed by atoms with van der Waals surface area (Å²) in [5.74, 6) is 0.392. The molecule has 0 amide bonds. The summed E-state index contributed by atoms with van der Waals surface area (Å²) >= 11 is 0. The van der Waals surface area contributed by atoms with Crippen LogP contribution in [0.25, 0.3) is 0 Å². The van der Waals surface area contributed by atoms with Gasteiger partial charge >= 0.3 is 0 Å². The molecular formula is C15H26O2. The number of hydrogen-bond donors (Lipinski definition) is 0. The van der Waals surface area contributed by atoms with E-state index in [1.54, 1.807) is 0 Å². The number of rotatable bonds is 2. The van der Waals surface area contributed by atoms with Crippen LogP contribution in [-0.4, -0.2) is 18.0 Å². The standard InChI is InChI=1S/C15H26O2/c1-5-11-7-9-15(6-2)10-8-12(16)14(3,4)13(15)17-11/h11,13H,5-10H2,1-4H3/t11?,13-,15?/m0/s1. The van der Waals surface area contributed by atoms with Gasteiger partial charge in [-0.2, -0.15) is 0 Å². The molecule has 0 bridgehead atoms. The third-order valence-corrected chi connectivity index (χ3v) is 5.23. The molecule has 2 fully saturated rings. The predicted octanol–water partition coefficient (Wildman–Crippen LogP) is 3.73. The van der Waals surface area contributed by atoms with E-state index in [-0.39, 0.29) is 16.9 Å². The SMILES string of the molecule is CCC1CCC2(CC)CCC(=O)C(C)(C)[C@@H]2O1. The normalized spacial score (nSPS) is 41.1. The highest BCUT2D eigenvalue weighted by Crippen LogP contribution is 2.54. The second kappa shape index (κ2) is 4.38. The van der Waals surface area contributed by atoms with E-state index < -0.39 is 0 Å². The minimum atomic E-state index is -0.290. The van der Waals surface area contributed by atoms with E-state index in [1.807, 2.05) is 0 Å². The Morgan fingerprint density at radius 1 is 1.29 bits per heavy atom. The maximum atomic E-state index is 12.1. The molecule has 2 rings (SSSR count). The third-order valence-electron chi connectivity index (χ3n) is 5.23. The molecule has 0 N–H and O–H groups in total. The summed E-state index contributed by atoms with van der Waals surface area (Å²) in [5.41, 5.74) is -0.0226. The molecule has 2 heteroatoms. The highest BCUT2D eigenvalue weighted by Gasteiger charge is 2.55. The maximum absolute atomic E-state index is 12.1. The summed E-state index contributed by atoms with van der Waals surface area (Å²) < 4.78 is 6.30. The molecule has 98 valence electrons. The number of hydrogen-bond acceptors (Lipinski definition) is 2. The number of Topliss-reactive ketones (excluding diaryl/α,β-unsaturated/α-hetero) is 1. The monoisotopic (exact) mass is 238 g/mol. The van der Waals surface area contributed by atoms with Crippen molar-refractivity contribution in [3.05, 3.63) is 0 Å². The van der Waals surface area contributed by atoms with Gasteiger partial charge in [0.1, 0.15) is 5.78 Å². The van der Waals surface area contributed by atoms with Crippen molar-refractivity contribution in [2.45, 2.75) is 78.4 Å². The Hall–Kier alpha value is -0.370. The van der Waals surface area contributed by atoms with Crippen LogP contribution in [-0.2, 0) is 9.53 Å². The Balaban J connectivity index is 2.30. The fourth-order valence-corrected chi connectivity index (χ4v) is 3.85. The lowest BCUT2D eigenvalue weighted by Gasteiger charge is -2.55. The molecule has 1 heterocycles. The molecular weight excluding hydrogens is 212 g/mol. The molecule has 1 saturated heterocycles. The average Bonchev–Trinajstić information content (AvgIpc) is 2.34. The van der Waals surface area contributed by atoms with Gasteiger partial charge in [0.25, 0.3) is 0 Å². The molecule has 0 aromatic rings. The number of fused-ring (bicyclic) bond motifs is 1. The summed E-state index contributed by atoms with van der Waals surface area (Å²) in [6, 6.07) is 0. The van der Waals surface area contributed by atoms with E-state index in [9.17, 15) is 4.79 Å². The van der Waals surface area contributed by atoms with Gasteiger partial charge < -0.3 is 4.74 Å². The number of carbonyl (C=O) groups excluding carboxylic acids is 1. The first-order valence-corrected chi connectivity index (χ1v) is 7.15. The molecule has 3 atom stereocenters. The van der Waals surface area contributed by atoms with Gasteiger partial charge in [-0.05, 0) is 37.5 Å². The zero-order valence-electron chi connectivity index (χ0n) is 11.7. The third kappa shape index (κ3) is 1.95. The van der Waals surface area contributed by atoms with E-state index in [1.165, 1.54) is 12.8 Å². The first-order valence-electron chi connectivity index (χ1n) is 7.15. The summed E-state index contributed by atoms with van der Waals surface area (Å²) in [5, 5.41) is 0. The summed E-state index contributed by atoms with van der Waals surface area (Å²) in [7, 11) is 0. The van der Waals surface area contributed by atoms with Crippen molar-refractivity contribution in [1.82, 2.24) is 0 Å². The van der Waals surface area contributed by atoms with Crippen molar-refractivity contribution in [3.63, 3.8) is 0 Å². The highest BCUT2D eigenvalue weighted by molar-refractivity contribution is 5.85. The van der Waals surface area contributed by atoms with Gasteiger partial charge in [0.15, 0.2) is 0 Å². The number of carbonyl (C=O) groups is 1.